The van der Waals surface area contributed by atoms with Gasteiger partial charge in [-0.25, -0.2) is 0 Å². The lowest BCUT2D eigenvalue weighted by Crippen LogP contribution is -2.57. The summed E-state index contributed by atoms with van der Waals surface area (Å²) in [5.41, 5.74) is 0.845. The topological polar surface area (TPSA) is 50.8 Å². The van der Waals surface area contributed by atoms with Gasteiger partial charge in [-0.2, -0.15) is 0 Å². The number of rotatable bonds is 3. The van der Waals surface area contributed by atoms with Crippen molar-refractivity contribution in [2.45, 2.75) is 38.0 Å². The summed E-state index contributed by atoms with van der Waals surface area (Å²) < 4.78 is 11.5. The van der Waals surface area contributed by atoms with E-state index in [9.17, 15) is 4.79 Å². The van der Waals surface area contributed by atoms with E-state index in [2.05, 4.69) is 31.3 Å². The van der Waals surface area contributed by atoms with E-state index in [1.165, 1.54) is 0 Å². The molecule has 2 fully saturated rings. The Kier molecular flexibility index (Phi) is 4.99. The van der Waals surface area contributed by atoms with Crippen LogP contribution in [0, 0.1) is 0 Å². The van der Waals surface area contributed by atoms with E-state index in [1.54, 1.807) is 0 Å². The van der Waals surface area contributed by atoms with Gasteiger partial charge in [-0.15, -0.1) is 0 Å². The number of hydrogen-bond acceptors (Lipinski definition) is 4. The van der Waals surface area contributed by atoms with Crippen molar-refractivity contribution in [2.75, 3.05) is 32.9 Å². The van der Waals surface area contributed by atoms with Gasteiger partial charge >= 0.3 is 0 Å². The average molecular weight is 318 g/mol. The standard InChI is InChI=1S/C18H26N2O3/c1-18(2)13-23-16(14-6-4-3-5-7-14)11-20(18)17(21)10-15-12-22-9-8-19-15/h3-7,15-16,19H,8-13H2,1-2H3. The first-order valence-electron chi connectivity index (χ1n) is 8.34. The van der Waals surface area contributed by atoms with Crippen molar-refractivity contribution in [3.05, 3.63) is 35.9 Å². The number of ether oxygens (including phenoxy) is 2. The predicted molar refractivity (Wildman–Crippen MR) is 88.2 cm³/mol. The van der Waals surface area contributed by atoms with E-state index < -0.39 is 0 Å². The molecular formula is C18H26N2O3. The highest BCUT2D eigenvalue weighted by atomic mass is 16.5. The van der Waals surface area contributed by atoms with E-state index in [0.29, 0.717) is 26.2 Å². The second kappa shape index (κ2) is 6.99. The van der Waals surface area contributed by atoms with Gasteiger partial charge in [-0.3, -0.25) is 4.79 Å². The maximum Gasteiger partial charge on any atom is 0.224 e. The van der Waals surface area contributed by atoms with Crippen molar-refractivity contribution in [3.8, 4) is 0 Å². The molecule has 0 aromatic heterocycles. The maximum atomic E-state index is 12.8. The molecule has 0 aliphatic carbocycles. The molecule has 0 saturated carbocycles. The Labute approximate surface area is 137 Å². The molecule has 5 nitrogen and oxygen atoms in total. The van der Waals surface area contributed by atoms with Crippen LogP contribution in [0.5, 0.6) is 0 Å². The zero-order valence-corrected chi connectivity index (χ0v) is 14.0. The molecule has 1 aromatic rings. The smallest absolute Gasteiger partial charge is 0.224 e. The van der Waals surface area contributed by atoms with Crippen LogP contribution in [-0.2, 0) is 14.3 Å². The minimum atomic E-state index is -0.280. The van der Waals surface area contributed by atoms with Crippen molar-refractivity contribution >= 4 is 5.91 Å². The van der Waals surface area contributed by atoms with Crippen LogP contribution in [0.25, 0.3) is 0 Å². The summed E-state index contributed by atoms with van der Waals surface area (Å²) in [6.45, 7) is 7.43. The van der Waals surface area contributed by atoms with Crippen LogP contribution in [0.15, 0.2) is 30.3 Å². The minimum Gasteiger partial charge on any atom is -0.378 e. The Morgan fingerprint density at radius 2 is 2.13 bits per heavy atom. The summed E-state index contributed by atoms with van der Waals surface area (Å²) in [6, 6.07) is 10.2. The zero-order chi connectivity index (χ0) is 16.3. The van der Waals surface area contributed by atoms with Gasteiger partial charge in [-0.05, 0) is 19.4 Å². The van der Waals surface area contributed by atoms with Crippen LogP contribution in [0.4, 0.5) is 0 Å². The summed E-state index contributed by atoms with van der Waals surface area (Å²) in [5, 5.41) is 3.36. The van der Waals surface area contributed by atoms with E-state index in [0.717, 1.165) is 18.7 Å². The molecule has 2 heterocycles. The Morgan fingerprint density at radius 3 is 2.83 bits per heavy atom. The van der Waals surface area contributed by atoms with Gasteiger partial charge in [0.05, 0.1) is 31.9 Å². The van der Waals surface area contributed by atoms with Crippen molar-refractivity contribution in [2.24, 2.45) is 0 Å². The quantitative estimate of drug-likeness (QED) is 0.922. The fourth-order valence-corrected chi connectivity index (χ4v) is 3.23. The molecule has 0 spiro atoms. The Hall–Kier alpha value is -1.43. The number of carbonyl (C=O) groups excluding carboxylic acids is 1. The molecule has 2 unspecified atom stereocenters. The molecule has 23 heavy (non-hydrogen) atoms. The van der Waals surface area contributed by atoms with Gasteiger partial charge in [0.1, 0.15) is 6.10 Å². The molecule has 2 atom stereocenters. The minimum absolute atomic E-state index is 0.0521. The Balaban J connectivity index is 1.68. The Bertz CT molecular complexity index is 526. The van der Waals surface area contributed by atoms with Crippen LogP contribution < -0.4 is 5.32 Å². The molecule has 2 aliphatic heterocycles. The normalized spacial score (nSPS) is 27.7. The van der Waals surface area contributed by atoms with Crippen molar-refractivity contribution in [1.82, 2.24) is 10.2 Å². The summed E-state index contributed by atoms with van der Waals surface area (Å²) in [6.07, 6.45) is 0.425. The molecule has 5 heteroatoms. The zero-order valence-electron chi connectivity index (χ0n) is 14.0. The number of amides is 1. The lowest BCUT2D eigenvalue weighted by molar-refractivity contribution is -0.156. The first-order valence-corrected chi connectivity index (χ1v) is 8.34. The fourth-order valence-electron chi connectivity index (χ4n) is 3.23. The predicted octanol–water partition coefficient (Wildman–Crippen LogP) is 1.74. The van der Waals surface area contributed by atoms with Crippen LogP contribution in [-0.4, -0.2) is 55.3 Å². The van der Waals surface area contributed by atoms with Gasteiger partial charge in [-0.1, -0.05) is 30.3 Å². The van der Waals surface area contributed by atoms with E-state index in [4.69, 9.17) is 9.47 Å². The summed E-state index contributed by atoms with van der Waals surface area (Å²) in [4.78, 5) is 14.8. The number of morpholine rings is 2. The largest absolute Gasteiger partial charge is 0.378 e. The SMILES string of the molecule is CC1(C)COC(c2ccccc2)CN1C(=O)CC1COCCN1. The van der Waals surface area contributed by atoms with Crippen molar-refractivity contribution in [1.29, 1.82) is 0 Å². The van der Waals surface area contributed by atoms with Gasteiger partial charge in [0, 0.05) is 19.0 Å². The van der Waals surface area contributed by atoms with Crippen molar-refractivity contribution in [3.63, 3.8) is 0 Å². The van der Waals surface area contributed by atoms with Gasteiger partial charge in [0.25, 0.3) is 0 Å². The second-order valence-electron chi connectivity index (χ2n) is 6.96. The van der Waals surface area contributed by atoms with Crippen molar-refractivity contribution < 1.29 is 14.3 Å². The third-order valence-corrected chi connectivity index (χ3v) is 4.61. The molecule has 0 radical (unpaired) electrons. The van der Waals surface area contributed by atoms with Gasteiger partial charge in [0.15, 0.2) is 0 Å². The molecule has 126 valence electrons. The van der Waals surface area contributed by atoms with Crippen LogP contribution in [0.3, 0.4) is 0 Å². The highest BCUT2D eigenvalue weighted by molar-refractivity contribution is 5.78. The summed E-state index contributed by atoms with van der Waals surface area (Å²) in [7, 11) is 0. The first-order chi connectivity index (χ1) is 11.1. The number of nitrogens with zero attached hydrogens (tertiary/aromatic N) is 1. The third kappa shape index (κ3) is 3.91. The molecule has 3 rings (SSSR count). The number of carbonyl (C=O) groups is 1. The maximum absolute atomic E-state index is 12.8. The van der Waals surface area contributed by atoms with E-state index >= 15 is 0 Å². The average Bonchev–Trinajstić information content (AvgIpc) is 2.56. The van der Waals surface area contributed by atoms with Crippen LogP contribution in [0.2, 0.25) is 0 Å². The molecule has 1 N–H and O–H groups in total. The molecule has 1 amide bonds. The third-order valence-electron chi connectivity index (χ3n) is 4.61. The monoisotopic (exact) mass is 318 g/mol. The molecule has 1 aromatic carbocycles. The Morgan fingerprint density at radius 1 is 1.35 bits per heavy atom. The summed E-state index contributed by atoms with van der Waals surface area (Å²) in [5.74, 6) is 0.169. The molecule has 0 bridgehead atoms. The lowest BCUT2D eigenvalue weighted by atomic mass is 9.97. The number of hydrogen-bond donors (Lipinski definition) is 1. The second-order valence-corrected chi connectivity index (χ2v) is 6.96. The number of nitrogens with one attached hydrogen (secondary N) is 1. The molecular weight excluding hydrogens is 292 g/mol. The molecule has 2 saturated heterocycles. The highest BCUT2D eigenvalue weighted by Gasteiger charge is 2.39. The summed E-state index contributed by atoms with van der Waals surface area (Å²) >= 11 is 0. The van der Waals surface area contributed by atoms with E-state index in [1.807, 2.05) is 23.1 Å². The lowest BCUT2D eigenvalue weighted by Gasteiger charge is -2.46. The first kappa shape index (κ1) is 16.4. The highest BCUT2D eigenvalue weighted by Crippen LogP contribution is 2.30. The van der Waals surface area contributed by atoms with Crippen LogP contribution in [0.1, 0.15) is 31.9 Å². The molecule has 2 aliphatic rings. The van der Waals surface area contributed by atoms with Crippen LogP contribution >= 0.6 is 0 Å². The fraction of sp³-hybridized carbons (Fsp3) is 0.611. The van der Waals surface area contributed by atoms with Gasteiger partial charge in [0.2, 0.25) is 5.91 Å². The van der Waals surface area contributed by atoms with E-state index in [-0.39, 0.29) is 23.6 Å². The number of benzene rings is 1. The van der Waals surface area contributed by atoms with Gasteiger partial charge < -0.3 is 19.7 Å².